The Hall–Kier alpha value is -2.24. The molecule has 242 valence electrons. The fourth-order valence-corrected chi connectivity index (χ4v) is 7.84. The lowest BCUT2D eigenvalue weighted by Crippen LogP contribution is -2.59. The molecule has 0 aromatic carbocycles. The van der Waals surface area contributed by atoms with E-state index in [2.05, 4.69) is 41.3 Å². The normalized spacial score (nSPS) is 28.9. The van der Waals surface area contributed by atoms with Crippen LogP contribution in [-0.4, -0.2) is 99.6 Å². The van der Waals surface area contributed by atoms with Gasteiger partial charge in [0.2, 0.25) is 17.7 Å². The summed E-state index contributed by atoms with van der Waals surface area (Å²) in [5.41, 5.74) is -1.24. The fraction of sp³-hybridized carbons (Fsp3) is 0.750. The van der Waals surface area contributed by atoms with Gasteiger partial charge in [-0.25, -0.2) is 0 Å². The van der Waals surface area contributed by atoms with Crippen molar-refractivity contribution in [1.29, 1.82) is 0 Å². The third-order valence-corrected chi connectivity index (χ3v) is 9.60. The lowest BCUT2D eigenvalue weighted by Gasteiger charge is -2.39. The van der Waals surface area contributed by atoms with Crippen LogP contribution in [0.1, 0.15) is 72.6 Å². The first-order valence-electron chi connectivity index (χ1n) is 15.7. The molecule has 0 aromatic heterocycles. The Bertz CT molecular complexity index is 1040. The third-order valence-electron chi connectivity index (χ3n) is 8.75. The summed E-state index contributed by atoms with van der Waals surface area (Å²) >= 11 is 3.69. The summed E-state index contributed by atoms with van der Waals surface area (Å²) in [6.45, 7) is 15.9. The van der Waals surface area contributed by atoms with Crippen LogP contribution in [0.5, 0.6) is 0 Å². The highest BCUT2D eigenvalue weighted by Crippen LogP contribution is 2.61. The summed E-state index contributed by atoms with van der Waals surface area (Å²) in [6, 6.07) is -1.60. The highest BCUT2D eigenvalue weighted by molar-refractivity contribution is 9.09. The maximum atomic E-state index is 14.4. The average molecular weight is 669 g/mol. The number of carbonyl (C=O) groups excluding carboxylic acids is 4. The number of unbranched alkanes of at least 4 members (excludes halogenated alkanes) is 2. The van der Waals surface area contributed by atoms with Gasteiger partial charge in [-0.3, -0.25) is 19.2 Å². The van der Waals surface area contributed by atoms with E-state index >= 15 is 0 Å². The second kappa shape index (κ2) is 15.7. The number of fused-ring (bicyclic) bond motifs is 1. The summed E-state index contributed by atoms with van der Waals surface area (Å²) in [5.74, 6) is -3.08. The predicted octanol–water partition coefficient (Wildman–Crippen LogP) is 3.36. The van der Waals surface area contributed by atoms with Gasteiger partial charge in [0, 0.05) is 24.3 Å². The van der Waals surface area contributed by atoms with Gasteiger partial charge in [-0.2, -0.15) is 0 Å². The topological polar surface area (TPSA) is 125 Å². The molecule has 1 spiro atoms. The molecule has 3 heterocycles. The summed E-state index contributed by atoms with van der Waals surface area (Å²) in [4.78, 5) is 57.6. The maximum absolute atomic E-state index is 14.4. The number of hydrogen-bond donors (Lipinski definition) is 2. The van der Waals surface area contributed by atoms with Crippen LogP contribution in [0.3, 0.4) is 0 Å². The Morgan fingerprint density at radius 1 is 1.26 bits per heavy atom. The number of rotatable bonds is 18. The van der Waals surface area contributed by atoms with Gasteiger partial charge in [0.25, 0.3) is 0 Å². The molecule has 2 bridgehead atoms. The van der Waals surface area contributed by atoms with Crippen molar-refractivity contribution in [3.63, 3.8) is 0 Å². The minimum Gasteiger partial charge on any atom is -0.460 e. The number of allylic oxidation sites excluding steroid dienone is 1. The smallest absolute Gasteiger partial charge is 0.312 e. The van der Waals surface area contributed by atoms with Gasteiger partial charge in [-0.05, 0) is 38.5 Å². The zero-order chi connectivity index (χ0) is 31.9. The minimum absolute atomic E-state index is 0.129. The molecule has 2 N–H and O–H groups in total. The van der Waals surface area contributed by atoms with Crippen LogP contribution in [-0.2, 0) is 28.7 Å². The quantitative estimate of drug-likeness (QED) is 0.0994. The van der Waals surface area contributed by atoms with E-state index in [0.717, 1.165) is 19.3 Å². The molecule has 3 amide bonds. The molecule has 10 nitrogen and oxygen atoms in total. The van der Waals surface area contributed by atoms with Crippen LogP contribution in [0.15, 0.2) is 25.3 Å². The maximum Gasteiger partial charge on any atom is 0.312 e. The van der Waals surface area contributed by atoms with Crippen molar-refractivity contribution in [3.8, 4) is 0 Å². The molecule has 8 atom stereocenters. The van der Waals surface area contributed by atoms with Gasteiger partial charge in [-0.15, -0.1) is 13.2 Å². The molecule has 3 aliphatic rings. The second-order valence-corrected chi connectivity index (χ2v) is 13.7. The number of nitrogens with one attached hydrogen (secondary N) is 1. The monoisotopic (exact) mass is 667 g/mol. The van der Waals surface area contributed by atoms with Crippen molar-refractivity contribution >= 4 is 39.6 Å². The molecule has 3 saturated heterocycles. The molecular formula is C32H50BrN3O7. The molecule has 3 fully saturated rings. The Kier molecular flexibility index (Phi) is 12.8. The van der Waals surface area contributed by atoms with Gasteiger partial charge in [0.15, 0.2) is 0 Å². The Labute approximate surface area is 264 Å². The lowest BCUT2D eigenvalue weighted by atomic mass is 9.70. The van der Waals surface area contributed by atoms with Gasteiger partial charge < -0.3 is 29.7 Å². The van der Waals surface area contributed by atoms with E-state index < -0.39 is 47.7 Å². The Morgan fingerprint density at radius 2 is 1.98 bits per heavy atom. The van der Waals surface area contributed by atoms with Crippen LogP contribution in [0.2, 0.25) is 0 Å². The number of aliphatic hydroxyl groups excluding tert-OH is 1. The van der Waals surface area contributed by atoms with Crippen LogP contribution in [0, 0.1) is 17.8 Å². The van der Waals surface area contributed by atoms with Crippen molar-refractivity contribution in [2.24, 2.45) is 17.8 Å². The van der Waals surface area contributed by atoms with Gasteiger partial charge in [-0.1, -0.05) is 61.7 Å². The van der Waals surface area contributed by atoms with Crippen LogP contribution >= 0.6 is 15.9 Å². The molecule has 0 saturated carbocycles. The van der Waals surface area contributed by atoms with E-state index in [1.165, 1.54) is 4.90 Å². The van der Waals surface area contributed by atoms with Gasteiger partial charge in [0.05, 0.1) is 37.1 Å². The molecule has 0 aromatic rings. The van der Waals surface area contributed by atoms with E-state index in [1.54, 1.807) is 24.0 Å². The summed E-state index contributed by atoms with van der Waals surface area (Å²) in [6.07, 6.45) is 6.51. The molecule has 3 aliphatic heterocycles. The highest BCUT2D eigenvalue weighted by Gasteiger charge is 2.77. The summed E-state index contributed by atoms with van der Waals surface area (Å²) in [5, 5.41) is 13.2. The van der Waals surface area contributed by atoms with E-state index in [0.29, 0.717) is 38.8 Å². The third kappa shape index (κ3) is 7.53. The summed E-state index contributed by atoms with van der Waals surface area (Å²) in [7, 11) is 0. The Balaban J connectivity index is 1.94. The standard InChI is InChI=1S/C32H50BrN3O7/c1-7-10-12-15-35(14-9-3)30(40)28-32-17-23(33)27(43-32)25(26(32)29(39)36(28)22(19-37)16-20(4)5)31(41)42-21(6)18-34-24(38)13-11-8-2/h8-9,20-23,25-28,37H,2-3,7,10-19H2,1,4-6H3,(H,34,38)/t21-,22-,23?,25-,26+,27-,28-,32+/m1/s1. The molecule has 43 heavy (non-hydrogen) atoms. The summed E-state index contributed by atoms with van der Waals surface area (Å²) < 4.78 is 12.4. The largest absolute Gasteiger partial charge is 0.460 e. The van der Waals surface area contributed by atoms with Gasteiger partial charge >= 0.3 is 5.97 Å². The number of amides is 3. The minimum atomic E-state index is -1.24. The highest BCUT2D eigenvalue weighted by atomic mass is 79.9. The number of aliphatic hydroxyl groups is 1. The molecule has 0 aliphatic carbocycles. The average Bonchev–Trinajstić information content (AvgIpc) is 3.56. The van der Waals surface area contributed by atoms with Crippen molar-refractivity contribution in [3.05, 3.63) is 25.3 Å². The molecule has 0 radical (unpaired) electrons. The zero-order valence-corrected chi connectivity index (χ0v) is 27.7. The number of ether oxygens (including phenoxy) is 2. The first-order valence-corrected chi connectivity index (χ1v) is 16.6. The van der Waals surface area contributed by atoms with Crippen molar-refractivity contribution in [1.82, 2.24) is 15.1 Å². The number of alkyl halides is 1. The fourth-order valence-electron chi connectivity index (χ4n) is 6.90. The van der Waals surface area contributed by atoms with Crippen molar-refractivity contribution in [2.45, 2.75) is 107 Å². The van der Waals surface area contributed by atoms with E-state index in [-0.39, 0.29) is 41.6 Å². The van der Waals surface area contributed by atoms with Crippen LogP contribution < -0.4 is 5.32 Å². The molecule has 3 rings (SSSR count). The number of hydrogen-bond acceptors (Lipinski definition) is 7. The van der Waals surface area contributed by atoms with Crippen molar-refractivity contribution < 1.29 is 33.8 Å². The number of carbonyl (C=O) groups is 4. The predicted molar refractivity (Wildman–Crippen MR) is 167 cm³/mol. The molecule has 11 heteroatoms. The first-order chi connectivity index (χ1) is 20.5. The number of nitrogens with zero attached hydrogens (tertiary/aromatic N) is 2. The molecule has 1 unspecified atom stereocenters. The SMILES string of the molecule is C=CCCC(=O)NC[C@@H](C)OC(=O)[C@H]1[C@@H]2O[C@@]3(CC2Br)[C@@H]1C(=O)N([C@@H](CO)CC(C)C)[C@@H]3C(=O)N(CC=C)CCCCC. The van der Waals surface area contributed by atoms with E-state index in [1.807, 2.05) is 13.8 Å². The van der Waals surface area contributed by atoms with Crippen LogP contribution in [0.4, 0.5) is 0 Å². The second-order valence-electron chi connectivity index (χ2n) is 12.5. The van der Waals surface area contributed by atoms with E-state index in [9.17, 15) is 24.3 Å². The number of halogens is 1. The number of esters is 1. The molecular weight excluding hydrogens is 618 g/mol. The van der Waals surface area contributed by atoms with Crippen molar-refractivity contribution in [2.75, 3.05) is 26.2 Å². The lowest BCUT2D eigenvalue weighted by molar-refractivity contribution is -0.160. The number of likely N-dealkylation sites (tertiary alicyclic amines) is 1. The van der Waals surface area contributed by atoms with Gasteiger partial charge in [0.1, 0.15) is 17.7 Å². The Morgan fingerprint density at radius 3 is 2.58 bits per heavy atom. The van der Waals surface area contributed by atoms with E-state index in [4.69, 9.17) is 9.47 Å². The first kappa shape index (κ1) is 35.2. The zero-order valence-electron chi connectivity index (χ0n) is 26.1. The van der Waals surface area contributed by atoms with Crippen LogP contribution in [0.25, 0.3) is 0 Å².